The molecule has 1 aromatic heterocycles. The maximum atomic E-state index is 12.2. The summed E-state index contributed by atoms with van der Waals surface area (Å²) in [4.78, 5) is 12.2. The molecule has 27 heavy (non-hydrogen) atoms. The lowest BCUT2D eigenvalue weighted by Gasteiger charge is -2.06. The molecule has 0 spiro atoms. The molecule has 3 aromatic rings. The Balaban J connectivity index is 1.35. The van der Waals surface area contributed by atoms with Gasteiger partial charge in [-0.3, -0.25) is 9.89 Å². The summed E-state index contributed by atoms with van der Waals surface area (Å²) in [6.45, 7) is 0.502. The number of aromatic amines is 1. The van der Waals surface area contributed by atoms with Crippen molar-refractivity contribution in [1.29, 1.82) is 0 Å². The van der Waals surface area contributed by atoms with Crippen LogP contribution < -0.4 is 10.2 Å². The van der Waals surface area contributed by atoms with Crippen LogP contribution in [0, 0.1) is 0 Å². The van der Waals surface area contributed by atoms with Crippen molar-refractivity contribution in [3.63, 3.8) is 0 Å². The number of nitrogens with zero attached hydrogens (tertiary/aromatic N) is 2. The lowest BCUT2D eigenvalue weighted by molar-refractivity contribution is 0.0949. The third kappa shape index (κ3) is 4.06. The number of amides is 1. The van der Waals surface area contributed by atoms with Gasteiger partial charge < -0.3 is 4.74 Å². The van der Waals surface area contributed by atoms with E-state index in [0.717, 1.165) is 47.4 Å². The minimum atomic E-state index is -0.290. The molecular formula is C21H20N4O2. The largest absolute Gasteiger partial charge is 0.489 e. The summed E-state index contributed by atoms with van der Waals surface area (Å²) in [5, 5.41) is 11.1. The summed E-state index contributed by atoms with van der Waals surface area (Å²) in [5.74, 6) is 0.460. The monoisotopic (exact) mass is 360 g/mol. The van der Waals surface area contributed by atoms with Gasteiger partial charge in [0.05, 0.1) is 6.21 Å². The topological polar surface area (TPSA) is 79.4 Å². The smallest absolute Gasteiger partial charge is 0.292 e. The summed E-state index contributed by atoms with van der Waals surface area (Å²) in [7, 11) is 0. The normalized spacial score (nSPS) is 12.9. The van der Waals surface area contributed by atoms with E-state index in [9.17, 15) is 4.79 Å². The molecule has 0 fully saturated rings. The summed E-state index contributed by atoms with van der Waals surface area (Å²) in [5.41, 5.74) is 7.01. The van der Waals surface area contributed by atoms with Crippen LogP contribution in [0.5, 0.6) is 5.75 Å². The quantitative estimate of drug-likeness (QED) is 0.523. The second kappa shape index (κ2) is 7.86. The number of hydrogen-bond donors (Lipinski definition) is 2. The molecule has 1 heterocycles. The Bertz CT molecular complexity index is 963. The Morgan fingerprint density at radius 3 is 2.96 bits per heavy atom. The first-order chi connectivity index (χ1) is 13.3. The van der Waals surface area contributed by atoms with Crippen molar-refractivity contribution in [2.24, 2.45) is 5.10 Å². The Hall–Kier alpha value is -3.41. The molecule has 0 saturated heterocycles. The number of ether oxygens (including phenoxy) is 1. The number of fused-ring (bicyclic) bond motifs is 1. The maximum Gasteiger partial charge on any atom is 0.292 e. The first-order valence-corrected chi connectivity index (χ1v) is 8.96. The van der Waals surface area contributed by atoms with E-state index in [-0.39, 0.29) is 5.91 Å². The Labute approximate surface area is 157 Å². The standard InChI is InChI=1S/C21H20N4O2/c26-21(20-18-10-5-11-19(18)23-24-20)25-22-13-16-8-4-9-17(12-16)27-14-15-6-2-1-3-7-15/h1-4,6-9,12-13H,5,10-11,14H2,(H,23,24)(H,25,26)/b22-13-. The van der Waals surface area contributed by atoms with E-state index in [4.69, 9.17) is 4.74 Å². The minimum absolute atomic E-state index is 0.290. The molecule has 0 radical (unpaired) electrons. The van der Waals surface area contributed by atoms with Gasteiger partial charge in [0.25, 0.3) is 5.91 Å². The first kappa shape index (κ1) is 17.0. The fourth-order valence-electron chi connectivity index (χ4n) is 3.15. The number of carbonyl (C=O) groups is 1. The molecule has 4 rings (SSSR count). The zero-order valence-electron chi connectivity index (χ0n) is 14.8. The van der Waals surface area contributed by atoms with Gasteiger partial charge in [-0.1, -0.05) is 42.5 Å². The van der Waals surface area contributed by atoms with Crippen LogP contribution in [0.15, 0.2) is 59.7 Å². The van der Waals surface area contributed by atoms with Gasteiger partial charge in [0.2, 0.25) is 0 Å². The second-order valence-corrected chi connectivity index (χ2v) is 6.43. The molecule has 6 heteroatoms. The van der Waals surface area contributed by atoms with Crippen LogP contribution in [-0.2, 0) is 19.4 Å². The van der Waals surface area contributed by atoms with Gasteiger partial charge in [0.15, 0.2) is 5.69 Å². The van der Waals surface area contributed by atoms with Crippen LogP contribution in [0.4, 0.5) is 0 Å². The third-order valence-electron chi connectivity index (χ3n) is 4.51. The van der Waals surface area contributed by atoms with Crippen LogP contribution in [0.1, 0.15) is 39.3 Å². The summed E-state index contributed by atoms with van der Waals surface area (Å²) in [6, 6.07) is 17.6. The van der Waals surface area contributed by atoms with Crippen LogP contribution >= 0.6 is 0 Å². The highest BCUT2D eigenvalue weighted by Gasteiger charge is 2.22. The van der Waals surface area contributed by atoms with Crippen molar-refractivity contribution in [1.82, 2.24) is 15.6 Å². The fourth-order valence-corrected chi connectivity index (χ4v) is 3.15. The minimum Gasteiger partial charge on any atom is -0.489 e. The van der Waals surface area contributed by atoms with E-state index in [1.165, 1.54) is 0 Å². The van der Waals surface area contributed by atoms with Crippen molar-refractivity contribution in [3.05, 3.63) is 82.7 Å². The number of aromatic nitrogens is 2. The van der Waals surface area contributed by atoms with Crippen molar-refractivity contribution in [2.75, 3.05) is 0 Å². The average molecular weight is 360 g/mol. The highest BCUT2D eigenvalue weighted by Crippen LogP contribution is 2.22. The summed E-state index contributed by atoms with van der Waals surface area (Å²) >= 11 is 0. The van der Waals surface area contributed by atoms with Crippen LogP contribution in [-0.4, -0.2) is 22.3 Å². The van der Waals surface area contributed by atoms with Gasteiger partial charge >= 0.3 is 0 Å². The van der Waals surface area contributed by atoms with Crippen molar-refractivity contribution in [2.45, 2.75) is 25.9 Å². The third-order valence-corrected chi connectivity index (χ3v) is 4.51. The number of H-pyrrole nitrogens is 1. The van der Waals surface area contributed by atoms with Crippen molar-refractivity contribution < 1.29 is 9.53 Å². The zero-order chi connectivity index (χ0) is 18.5. The second-order valence-electron chi connectivity index (χ2n) is 6.43. The van der Waals surface area contributed by atoms with Crippen molar-refractivity contribution >= 4 is 12.1 Å². The number of nitrogens with one attached hydrogen (secondary N) is 2. The van der Waals surface area contributed by atoms with Gasteiger partial charge in [-0.15, -0.1) is 0 Å². The molecule has 0 atom stereocenters. The molecule has 0 aliphatic heterocycles. The first-order valence-electron chi connectivity index (χ1n) is 8.96. The highest BCUT2D eigenvalue weighted by atomic mass is 16.5. The van der Waals surface area contributed by atoms with Crippen molar-refractivity contribution in [3.8, 4) is 5.75 Å². The molecule has 136 valence electrons. The van der Waals surface area contributed by atoms with Gasteiger partial charge in [-0.25, -0.2) is 5.43 Å². The number of aryl methyl sites for hydroxylation is 1. The number of benzene rings is 2. The molecule has 1 aliphatic carbocycles. The molecule has 1 amide bonds. The highest BCUT2D eigenvalue weighted by molar-refractivity contribution is 5.94. The predicted molar refractivity (Wildman–Crippen MR) is 103 cm³/mol. The summed E-state index contributed by atoms with van der Waals surface area (Å²) < 4.78 is 5.81. The number of rotatable bonds is 6. The number of hydrazone groups is 1. The molecule has 0 unspecified atom stereocenters. The van der Waals surface area contributed by atoms with E-state index in [1.54, 1.807) is 6.21 Å². The predicted octanol–water partition coefficient (Wildman–Crippen LogP) is 3.24. The molecular weight excluding hydrogens is 340 g/mol. The SMILES string of the molecule is O=C(N/N=C\c1cccc(OCc2ccccc2)c1)c1n[nH]c2c1CCC2. The average Bonchev–Trinajstić information content (AvgIpc) is 3.31. The molecule has 0 bridgehead atoms. The summed E-state index contributed by atoms with van der Waals surface area (Å²) in [6.07, 6.45) is 4.50. The van der Waals surface area contributed by atoms with Crippen LogP contribution in [0.2, 0.25) is 0 Å². The molecule has 1 aliphatic rings. The van der Waals surface area contributed by atoms with Gasteiger partial charge in [-0.05, 0) is 42.5 Å². The van der Waals surface area contributed by atoms with Gasteiger partial charge in [-0.2, -0.15) is 10.2 Å². The van der Waals surface area contributed by atoms with Gasteiger partial charge in [0, 0.05) is 11.3 Å². The van der Waals surface area contributed by atoms with Crippen LogP contribution in [0.25, 0.3) is 0 Å². The van der Waals surface area contributed by atoms with Crippen LogP contribution in [0.3, 0.4) is 0 Å². The molecule has 6 nitrogen and oxygen atoms in total. The van der Waals surface area contributed by atoms with E-state index < -0.39 is 0 Å². The Morgan fingerprint density at radius 1 is 1.19 bits per heavy atom. The number of carbonyl (C=O) groups excluding carboxylic acids is 1. The lowest BCUT2D eigenvalue weighted by atomic mass is 10.2. The zero-order valence-corrected chi connectivity index (χ0v) is 14.8. The van der Waals surface area contributed by atoms with E-state index >= 15 is 0 Å². The molecule has 2 N–H and O–H groups in total. The number of hydrogen-bond acceptors (Lipinski definition) is 4. The Morgan fingerprint density at radius 2 is 2.07 bits per heavy atom. The molecule has 0 saturated carbocycles. The van der Waals surface area contributed by atoms with E-state index in [1.807, 2.05) is 54.6 Å². The van der Waals surface area contributed by atoms with E-state index in [0.29, 0.717) is 12.3 Å². The van der Waals surface area contributed by atoms with E-state index in [2.05, 4.69) is 20.7 Å². The maximum absolute atomic E-state index is 12.2. The lowest BCUT2D eigenvalue weighted by Crippen LogP contribution is -2.19. The Kier molecular flexibility index (Phi) is 4.96. The van der Waals surface area contributed by atoms with Gasteiger partial charge in [0.1, 0.15) is 12.4 Å². The molecule has 2 aromatic carbocycles. The fraction of sp³-hybridized carbons (Fsp3) is 0.190.